The molecule has 1 aromatic heterocycles. The molecule has 1 aromatic carbocycles. The fourth-order valence-electron chi connectivity index (χ4n) is 1.74. The van der Waals surface area contributed by atoms with Gasteiger partial charge in [-0.3, -0.25) is 0 Å². The van der Waals surface area contributed by atoms with E-state index in [1.54, 1.807) is 18.2 Å². The summed E-state index contributed by atoms with van der Waals surface area (Å²) in [7, 11) is 0. The molecule has 4 heteroatoms. The molecule has 0 bridgehead atoms. The highest BCUT2D eigenvalue weighted by Crippen LogP contribution is 2.28. The van der Waals surface area contributed by atoms with Crippen LogP contribution >= 0.6 is 11.6 Å². The van der Waals surface area contributed by atoms with Gasteiger partial charge in [0.05, 0.1) is 12.3 Å². The van der Waals surface area contributed by atoms with Crippen LogP contribution in [0.5, 0.6) is 11.6 Å². The highest BCUT2D eigenvalue weighted by atomic mass is 35.5. The lowest BCUT2D eigenvalue weighted by atomic mass is 9.91. The van der Waals surface area contributed by atoms with Gasteiger partial charge in [-0.2, -0.15) is 0 Å². The molecule has 0 aliphatic rings. The Morgan fingerprint density at radius 2 is 1.95 bits per heavy atom. The number of benzene rings is 1. The smallest absolute Gasteiger partial charge is 0.219 e. The zero-order valence-electron chi connectivity index (χ0n) is 11.9. The summed E-state index contributed by atoms with van der Waals surface area (Å²) in [6.07, 6.45) is 0. The second-order valence-electron chi connectivity index (χ2n) is 5.67. The van der Waals surface area contributed by atoms with E-state index in [0.717, 1.165) is 11.3 Å². The van der Waals surface area contributed by atoms with Crippen LogP contribution in [0.4, 0.5) is 0 Å². The van der Waals surface area contributed by atoms with Crippen LogP contribution in [-0.4, -0.2) is 10.1 Å². The number of hydrogen-bond donors (Lipinski definition) is 1. The van der Waals surface area contributed by atoms with E-state index in [9.17, 15) is 5.11 Å². The van der Waals surface area contributed by atoms with Gasteiger partial charge < -0.3 is 9.84 Å². The molecule has 1 N–H and O–H groups in total. The minimum absolute atomic E-state index is 0.0441. The molecule has 0 saturated heterocycles. The van der Waals surface area contributed by atoms with Crippen molar-refractivity contribution in [1.29, 1.82) is 0 Å². The van der Waals surface area contributed by atoms with Gasteiger partial charge in [0.25, 0.3) is 0 Å². The lowest BCUT2D eigenvalue weighted by Gasteiger charge is -2.19. The van der Waals surface area contributed by atoms with E-state index in [4.69, 9.17) is 16.3 Å². The van der Waals surface area contributed by atoms with Crippen LogP contribution < -0.4 is 4.74 Å². The van der Waals surface area contributed by atoms with E-state index >= 15 is 0 Å². The van der Waals surface area contributed by atoms with E-state index < -0.39 is 0 Å². The summed E-state index contributed by atoms with van der Waals surface area (Å²) in [5, 5.41) is 9.97. The average Bonchev–Trinajstić information content (AvgIpc) is 2.37. The number of aromatic nitrogens is 1. The third kappa shape index (κ3) is 3.71. The molecule has 2 aromatic rings. The van der Waals surface area contributed by atoms with Gasteiger partial charge in [0.2, 0.25) is 5.88 Å². The number of rotatable bonds is 3. The molecule has 0 spiro atoms. The van der Waals surface area contributed by atoms with Gasteiger partial charge in [-0.15, -0.1) is 0 Å². The van der Waals surface area contributed by atoms with Gasteiger partial charge in [0.15, 0.2) is 0 Å². The largest absolute Gasteiger partial charge is 0.439 e. The van der Waals surface area contributed by atoms with Crippen molar-refractivity contribution >= 4 is 11.6 Å². The molecule has 20 heavy (non-hydrogen) atoms. The summed E-state index contributed by atoms with van der Waals surface area (Å²) >= 11 is 5.93. The second kappa shape index (κ2) is 5.81. The maximum atomic E-state index is 9.36. The molecule has 0 atom stereocenters. The molecule has 106 valence electrons. The van der Waals surface area contributed by atoms with Crippen molar-refractivity contribution in [3.63, 3.8) is 0 Å². The summed E-state index contributed by atoms with van der Waals surface area (Å²) in [4.78, 5) is 4.50. The molecule has 0 amide bonds. The summed E-state index contributed by atoms with van der Waals surface area (Å²) < 4.78 is 5.73. The van der Waals surface area contributed by atoms with Crippen LogP contribution in [-0.2, 0) is 12.0 Å². The topological polar surface area (TPSA) is 42.4 Å². The first kappa shape index (κ1) is 14.8. The Bertz CT molecular complexity index is 606. The fraction of sp³-hybridized carbons (Fsp3) is 0.312. The number of aliphatic hydroxyl groups excluding tert-OH is 1. The molecule has 0 aliphatic heterocycles. The van der Waals surface area contributed by atoms with E-state index in [1.807, 2.05) is 18.2 Å². The fourth-order valence-corrected chi connectivity index (χ4v) is 1.92. The van der Waals surface area contributed by atoms with Crippen molar-refractivity contribution in [2.75, 3.05) is 0 Å². The Morgan fingerprint density at radius 1 is 1.20 bits per heavy atom. The van der Waals surface area contributed by atoms with Crippen molar-refractivity contribution in [1.82, 2.24) is 4.98 Å². The minimum atomic E-state index is -0.113. The first-order chi connectivity index (χ1) is 9.38. The Morgan fingerprint density at radius 3 is 2.55 bits per heavy atom. The highest BCUT2D eigenvalue weighted by Gasteiger charge is 2.17. The van der Waals surface area contributed by atoms with E-state index in [0.29, 0.717) is 16.7 Å². The van der Waals surface area contributed by atoms with Crippen LogP contribution in [0.3, 0.4) is 0 Å². The molecule has 0 radical (unpaired) electrons. The maximum Gasteiger partial charge on any atom is 0.219 e. The predicted molar refractivity (Wildman–Crippen MR) is 80.4 cm³/mol. The Labute approximate surface area is 124 Å². The van der Waals surface area contributed by atoms with Gasteiger partial charge in [-0.1, -0.05) is 38.4 Å². The van der Waals surface area contributed by atoms with Crippen molar-refractivity contribution in [3.05, 3.63) is 52.7 Å². The number of hydrogen-bond acceptors (Lipinski definition) is 3. The van der Waals surface area contributed by atoms with Crippen LogP contribution in [0.2, 0.25) is 5.02 Å². The van der Waals surface area contributed by atoms with Crippen molar-refractivity contribution < 1.29 is 9.84 Å². The molecule has 0 saturated carbocycles. The SMILES string of the molecule is CC(C)(C)c1cc(CO)cc(Oc2cccc(Cl)c2)n1. The van der Waals surface area contributed by atoms with Crippen LogP contribution in [0, 0.1) is 0 Å². The van der Waals surface area contributed by atoms with Crippen molar-refractivity contribution in [2.45, 2.75) is 32.8 Å². The summed E-state index contributed by atoms with van der Waals surface area (Å²) in [5.74, 6) is 1.09. The van der Waals surface area contributed by atoms with Gasteiger partial charge >= 0.3 is 0 Å². The predicted octanol–water partition coefficient (Wildman–Crippen LogP) is 4.32. The quantitative estimate of drug-likeness (QED) is 0.916. The Kier molecular flexibility index (Phi) is 4.31. The summed E-state index contributed by atoms with van der Waals surface area (Å²) in [6.45, 7) is 6.16. The van der Waals surface area contributed by atoms with E-state index in [2.05, 4.69) is 25.8 Å². The van der Waals surface area contributed by atoms with E-state index in [1.165, 1.54) is 0 Å². The maximum absolute atomic E-state index is 9.36. The van der Waals surface area contributed by atoms with Gasteiger partial charge in [0.1, 0.15) is 5.75 Å². The number of nitrogens with zero attached hydrogens (tertiary/aromatic N) is 1. The average molecular weight is 292 g/mol. The van der Waals surface area contributed by atoms with Gasteiger partial charge in [0, 0.05) is 16.5 Å². The van der Waals surface area contributed by atoms with Crippen LogP contribution in [0.1, 0.15) is 32.0 Å². The zero-order valence-corrected chi connectivity index (χ0v) is 12.6. The van der Waals surface area contributed by atoms with Crippen molar-refractivity contribution in [2.24, 2.45) is 0 Å². The van der Waals surface area contributed by atoms with Gasteiger partial charge in [-0.05, 0) is 29.8 Å². The molecular formula is C16H18ClNO2. The van der Waals surface area contributed by atoms with Crippen LogP contribution in [0.15, 0.2) is 36.4 Å². The normalized spacial score (nSPS) is 11.4. The number of aliphatic hydroxyl groups is 1. The molecule has 0 aliphatic carbocycles. The van der Waals surface area contributed by atoms with Crippen molar-refractivity contribution in [3.8, 4) is 11.6 Å². The number of halogens is 1. The summed E-state index contributed by atoms with van der Waals surface area (Å²) in [6, 6.07) is 10.8. The number of pyridine rings is 1. The van der Waals surface area contributed by atoms with E-state index in [-0.39, 0.29) is 12.0 Å². The molecule has 1 heterocycles. The standard InChI is InChI=1S/C16H18ClNO2/c1-16(2,3)14-7-11(10-19)8-15(18-14)20-13-6-4-5-12(17)9-13/h4-9,19H,10H2,1-3H3. The molecule has 3 nitrogen and oxygen atoms in total. The van der Waals surface area contributed by atoms with Gasteiger partial charge in [-0.25, -0.2) is 4.98 Å². The molecular weight excluding hydrogens is 274 g/mol. The Balaban J connectivity index is 2.36. The monoisotopic (exact) mass is 291 g/mol. The Hall–Kier alpha value is -1.58. The first-order valence-corrected chi connectivity index (χ1v) is 6.82. The molecule has 0 fully saturated rings. The lowest BCUT2D eigenvalue weighted by Crippen LogP contribution is -2.14. The zero-order chi connectivity index (χ0) is 14.8. The molecule has 2 rings (SSSR count). The highest BCUT2D eigenvalue weighted by molar-refractivity contribution is 6.30. The molecule has 0 unspecified atom stereocenters. The first-order valence-electron chi connectivity index (χ1n) is 6.44. The number of ether oxygens (including phenoxy) is 1. The third-order valence-corrected chi connectivity index (χ3v) is 3.07. The lowest BCUT2D eigenvalue weighted by molar-refractivity contribution is 0.280. The second-order valence-corrected chi connectivity index (χ2v) is 6.10. The van der Waals surface area contributed by atoms with Crippen LogP contribution in [0.25, 0.3) is 0 Å². The minimum Gasteiger partial charge on any atom is -0.439 e. The third-order valence-electron chi connectivity index (χ3n) is 2.83. The summed E-state index contributed by atoms with van der Waals surface area (Å²) in [5.41, 5.74) is 1.54.